The van der Waals surface area contributed by atoms with Crippen molar-refractivity contribution < 1.29 is 0 Å². The van der Waals surface area contributed by atoms with Crippen LogP contribution >= 0.6 is 0 Å². The van der Waals surface area contributed by atoms with Crippen LogP contribution in [0.25, 0.3) is 16.7 Å². The Morgan fingerprint density at radius 2 is 1.44 bits per heavy atom. The highest BCUT2D eigenvalue weighted by atomic mass is 15.3. The second kappa shape index (κ2) is 10.6. The zero-order valence-electron chi connectivity index (χ0n) is 22.1. The Morgan fingerprint density at radius 3 is 2.05 bits per heavy atom. The quantitative estimate of drug-likeness (QED) is 0.279. The Kier molecular flexibility index (Phi) is 6.71. The number of imidazole rings is 1. The van der Waals surface area contributed by atoms with Gasteiger partial charge in [-0.25, -0.2) is 4.98 Å². The first kappa shape index (κ1) is 24.7. The molecule has 2 aromatic heterocycles. The predicted octanol–water partition coefficient (Wildman–Crippen LogP) is 6.04. The number of benzene rings is 3. The Balaban J connectivity index is 1.43. The molecule has 1 saturated heterocycles. The fourth-order valence-corrected chi connectivity index (χ4v) is 6.05. The summed E-state index contributed by atoms with van der Waals surface area (Å²) in [6, 6.07) is 34.4. The average Bonchev–Trinajstić information content (AvgIpc) is 3.37. The lowest BCUT2D eigenvalue weighted by Crippen LogP contribution is -2.48. The number of rotatable bonds is 6. The van der Waals surface area contributed by atoms with E-state index in [1.165, 1.54) is 11.1 Å². The van der Waals surface area contributed by atoms with Crippen molar-refractivity contribution in [2.45, 2.75) is 25.8 Å². The van der Waals surface area contributed by atoms with Crippen LogP contribution in [0.4, 0.5) is 5.82 Å². The molecule has 0 spiro atoms. The molecule has 3 aromatic carbocycles. The fraction of sp³-hybridized carbons (Fsp3) is 0.242. The molecule has 1 aliphatic heterocycles. The van der Waals surface area contributed by atoms with E-state index in [4.69, 9.17) is 4.98 Å². The van der Waals surface area contributed by atoms with E-state index in [9.17, 15) is 10.5 Å². The minimum absolute atomic E-state index is 0.185. The summed E-state index contributed by atoms with van der Waals surface area (Å²) in [6.07, 6.45) is 1.01. The third-order valence-electron chi connectivity index (χ3n) is 7.90. The second-order valence-corrected chi connectivity index (χ2v) is 10.1. The van der Waals surface area contributed by atoms with Gasteiger partial charge >= 0.3 is 0 Å². The standard InChI is InChI=1S/C33H30N6/c1-24-27(15-10-18-34)33(39-30-17-9-8-16-29(30)36-32(39)28(24)23-35)38-21-19-37(20-22-38)31(25-11-4-2-5-12-25)26-13-6-3-7-14-26/h2-9,11-14,16-17,31H,10,15,19-22H2,1H3. The summed E-state index contributed by atoms with van der Waals surface area (Å²) in [7, 11) is 0. The normalized spacial score (nSPS) is 14.1. The van der Waals surface area contributed by atoms with Crippen LogP contribution in [0.15, 0.2) is 84.9 Å². The summed E-state index contributed by atoms with van der Waals surface area (Å²) in [5.41, 5.74) is 7.74. The maximum Gasteiger partial charge on any atom is 0.157 e. The van der Waals surface area contributed by atoms with Crippen molar-refractivity contribution in [3.63, 3.8) is 0 Å². The molecule has 0 aliphatic carbocycles. The monoisotopic (exact) mass is 510 g/mol. The predicted molar refractivity (Wildman–Crippen MR) is 155 cm³/mol. The van der Waals surface area contributed by atoms with Gasteiger partial charge < -0.3 is 4.90 Å². The smallest absolute Gasteiger partial charge is 0.157 e. The zero-order valence-corrected chi connectivity index (χ0v) is 22.1. The summed E-state index contributed by atoms with van der Waals surface area (Å²) < 4.78 is 2.16. The van der Waals surface area contributed by atoms with E-state index < -0.39 is 0 Å². The molecule has 6 heteroatoms. The molecular formula is C33H30N6. The SMILES string of the molecule is Cc1c(CCC#N)c(N2CCN(C(c3ccccc3)c3ccccc3)CC2)n2c(nc3ccccc32)c1C#N. The third kappa shape index (κ3) is 4.40. The van der Waals surface area contributed by atoms with E-state index in [2.05, 4.69) is 93.1 Å². The molecule has 6 rings (SSSR count). The molecule has 192 valence electrons. The van der Waals surface area contributed by atoms with Gasteiger partial charge in [-0.3, -0.25) is 9.30 Å². The first-order chi connectivity index (χ1) is 19.2. The van der Waals surface area contributed by atoms with Gasteiger partial charge in [0, 0.05) is 32.6 Å². The van der Waals surface area contributed by atoms with E-state index in [-0.39, 0.29) is 6.04 Å². The maximum absolute atomic E-state index is 10.1. The van der Waals surface area contributed by atoms with E-state index in [1.54, 1.807) is 0 Å². The first-order valence-electron chi connectivity index (χ1n) is 13.5. The number of nitriles is 2. The summed E-state index contributed by atoms with van der Waals surface area (Å²) in [5, 5.41) is 19.6. The van der Waals surface area contributed by atoms with Crippen LogP contribution in [-0.2, 0) is 6.42 Å². The van der Waals surface area contributed by atoms with Crippen molar-refractivity contribution in [2.75, 3.05) is 31.1 Å². The van der Waals surface area contributed by atoms with E-state index >= 15 is 0 Å². The molecule has 6 nitrogen and oxygen atoms in total. The number of hydrogen-bond acceptors (Lipinski definition) is 5. The number of anilines is 1. The van der Waals surface area contributed by atoms with Gasteiger partial charge in [0.05, 0.1) is 28.7 Å². The molecule has 0 atom stereocenters. The van der Waals surface area contributed by atoms with Gasteiger partial charge in [0.15, 0.2) is 5.65 Å². The van der Waals surface area contributed by atoms with Crippen molar-refractivity contribution in [1.29, 1.82) is 10.5 Å². The van der Waals surface area contributed by atoms with E-state index in [0.717, 1.165) is 54.2 Å². The first-order valence-corrected chi connectivity index (χ1v) is 13.5. The number of nitrogens with zero attached hydrogens (tertiary/aromatic N) is 6. The van der Waals surface area contributed by atoms with Crippen molar-refractivity contribution >= 4 is 22.5 Å². The highest BCUT2D eigenvalue weighted by Gasteiger charge is 2.30. The van der Waals surface area contributed by atoms with Gasteiger partial charge in [0.25, 0.3) is 0 Å². The highest BCUT2D eigenvalue weighted by Crippen LogP contribution is 2.36. The second-order valence-electron chi connectivity index (χ2n) is 10.1. The number of para-hydroxylation sites is 2. The van der Waals surface area contributed by atoms with Gasteiger partial charge in [-0.1, -0.05) is 72.8 Å². The number of pyridine rings is 1. The topological polar surface area (TPSA) is 71.4 Å². The minimum Gasteiger partial charge on any atom is -0.355 e. The van der Waals surface area contributed by atoms with Crippen LogP contribution in [0.3, 0.4) is 0 Å². The van der Waals surface area contributed by atoms with Crippen molar-refractivity contribution in [3.8, 4) is 12.1 Å². The molecule has 39 heavy (non-hydrogen) atoms. The van der Waals surface area contributed by atoms with Crippen LogP contribution in [0.5, 0.6) is 0 Å². The molecule has 0 radical (unpaired) electrons. The Bertz CT molecular complexity index is 1660. The highest BCUT2D eigenvalue weighted by molar-refractivity contribution is 5.86. The average molecular weight is 511 g/mol. The van der Waals surface area contributed by atoms with Crippen LogP contribution in [0, 0.1) is 29.6 Å². The summed E-state index contributed by atoms with van der Waals surface area (Å²) in [5.74, 6) is 1.07. The Morgan fingerprint density at radius 1 is 0.821 bits per heavy atom. The van der Waals surface area contributed by atoms with Crippen molar-refractivity contribution in [2.24, 2.45) is 0 Å². The van der Waals surface area contributed by atoms with Gasteiger partial charge in [-0.15, -0.1) is 0 Å². The fourth-order valence-electron chi connectivity index (χ4n) is 6.05. The minimum atomic E-state index is 0.185. The molecule has 1 fully saturated rings. The lowest BCUT2D eigenvalue weighted by molar-refractivity contribution is 0.212. The number of piperazine rings is 1. The molecule has 0 bridgehead atoms. The maximum atomic E-state index is 10.1. The van der Waals surface area contributed by atoms with E-state index in [0.29, 0.717) is 24.1 Å². The van der Waals surface area contributed by atoms with Gasteiger partial charge in [0.1, 0.15) is 11.9 Å². The molecule has 0 amide bonds. The molecular weight excluding hydrogens is 480 g/mol. The number of fused-ring (bicyclic) bond motifs is 3. The number of hydrogen-bond donors (Lipinski definition) is 0. The third-order valence-corrected chi connectivity index (χ3v) is 7.90. The lowest BCUT2D eigenvalue weighted by atomic mass is 9.96. The summed E-state index contributed by atoms with van der Waals surface area (Å²) in [6.45, 7) is 5.45. The van der Waals surface area contributed by atoms with Crippen LogP contribution in [0.2, 0.25) is 0 Å². The summed E-state index contributed by atoms with van der Waals surface area (Å²) in [4.78, 5) is 9.89. The van der Waals surface area contributed by atoms with Gasteiger partial charge in [0.2, 0.25) is 0 Å². The molecule has 3 heterocycles. The lowest BCUT2D eigenvalue weighted by Gasteiger charge is -2.41. The van der Waals surface area contributed by atoms with Gasteiger partial charge in [-0.2, -0.15) is 10.5 Å². The van der Waals surface area contributed by atoms with Gasteiger partial charge in [-0.05, 0) is 47.7 Å². The van der Waals surface area contributed by atoms with Crippen molar-refractivity contribution in [1.82, 2.24) is 14.3 Å². The molecule has 5 aromatic rings. The van der Waals surface area contributed by atoms with Crippen LogP contribution in [0.1, 0.15) is 40.3 Å². The largest absolute Gasteiger partial charge is 0.355 e. The van der Waals surface area contributed by atoms with Crippen molar-refractivity contribution in [3.05, 3.63) is 113 Å². The Labute approximate surface area is 229 Å². The van der Waals surface area contributed by atoms with Crippen LogP contribution in [-0.4, -0.2) is 40.5 Å². The zero-order chi connectivity index (χ0) is 26.8. The number of aromatic nitrogens is 2. The molecule has 0 N–H and O–H groups in total. The molecule has 1 aliphatic rings. The van der Waals surface area contributed by atoms with E-state index in [1.807, 2.05) is 25.1 Å². The summed E-state index contributed by atoms with van der Waals surface area (Å²) >= 11 is 0. The van der Waals surface area contributed by atoms with Crippen LogP contribution < -0.4 is 4.90 Å². The Hall–Kier alpha value is -4.65. The molecule has 0 unspecified atom stereocenters. The molecule has 0 saturated carbocycles.